The fourth-order valence-electron chi connectivity index (χ4n) is 2.12. The third-order valence-corrected chi connectivity index (χ3v) is 4.70. The molecule has 1 heterocycles. The number of rotatable bonds is 5. The van der Waals surface area contributed by atoms with Crippen LogP contribution in [0.25, 0.3) is 6.08 Å². The largest absolute Gasteiger partial charge is 0.546 e. The van der Waals surface area contributed by atoms with Gasteiger partial charge in [0, 0.05) is 10.0 Å². The van der Waals surface area contributed by atoms with Crippen LogP contribution in [0, 0.1) is 0 Å². The van der Waals surface area contributed by atoms with E-state index in [2.05, 4.69) is 26.2 Å². The monoisotopic (exact) mass is 431 g/mol. The van der Waals surface area contributed by atoms with Crippen molar-refractivity contribution >= 4 is 56.5 Å². The van der Waals surface area contributed by atoms with Gasteiger partial charge in [-0.15, -0.1) is 0 Å². The lowest BCUT2D eigenvalue weighted by Gasteiger charge is -2.09. The van der Waals surface area contributed by atoms with Crippen molar-refractivity contribution in [2.45, 2.75) is 0 Å². The maximum atomic E-state index is 12.2. The molecule has 132 valence electrons. The average Bonchev–Trinajstić information content (AvgIpc) is 2.95. The van der Waals surface area contributed by atoms with Gasteiger partial charge >= 0.3 is 0 Å². The lowest BCUT2D eigenvalue weighted by Crippen LogP contribution is -2.29. The van der Waals surface area contributed by atoms with Crippen molar-refractivity contribution in [3.05, 3.63) is 63.5 Å². The topological polar surface area (TPSA) is 90.8 Å². The Hall–Kier alpha value is -2.58. The number of para-hydroxylation sites is 1. The summed E-state index contributed by atoms with van der Waals surface area (Å²) in [6.07, 6.45) is 1.63. The summed E-state index contributed by atoms with van der Waals surface area (Å²) in [5.74, 6) is -1.24. The van der Waals surface area contributed by atoms with Crippen LogP contribution in [0.4, 0.5) is 5.69 Å². The van der Waals surface area contributed by atoms with Crippen LogP contribution in [0.1, 0.15) is 5.56 Å². The Morgan fingerprint density at radius 1 is 1.23 bits per heavy atom. The van der Waals surface area contributed by atoms with Crippen molar-refractivity contribution in [1.29, 1.82) is 0 Å². The molecule has 26 heavy (non-hydrogen) atoms. The first-order chi connectivity index (χ1) is 12.5. The number of carbonyl (C=O) groups is 2. The van der Waals surface area contributed by atoms with Crippen molar-refractivity contribution in [1.82, 2.24) is 5.32 Å². The van der Waals surface area contributed by atoms with Gasteiger partial charge in [0.05, 0.1) is 16.6 Å². The summed E-state index contributed by atoms with van der Waals surface area (Å²) in [5.41, 5.74) is 1.31. The van der Waals surface area contributed by atoms with Gasteiger partial charge in [-0.3, -0.25) is 4.79 Å². The first-order valence-corrected chi connectivity index (χ1v) is 9.09. The molecule has 3 rings (SSSR count). The van der Waals surface area contributed by atoms with Gasteiger partial charge in [0.1, 0.15) is 12.4 Å². The molecule has 0 unspecified atom stereocenters. The van der Waals surface area contributed by atoms with Crippen LogP contribution >= 0.6 is 27.7 Å². The lowest BCUT2D eigenvalue weighted by molar-refractivity contribution is -0.307. The van der Waals surface area contributed by atoms with Crippen LogP contribution in [-0.2, 0) is 9.59 Å². The summed E-state index contributed by atoms with van der Waals surface area (Å²) in [6, 6.07) is 14.2. The van der Waals surface area contributed by atoms with E-state index in [9.17, 15) is 14.7 Å². The third kappa shape index (κ3) is 4.74. The summed E-state index contributed by atoms with van der Waals surface area (Å²) in [4.78, 5) is 27.6. The Morgan fingerprint density at radius 3 is 2.69 bits per heavy atom. The van der Waals surface area contributed by atoms with Crippen LogP contribution in [0.3, 0.4) is 0 Å². The van der Waals surface area contributed by atoms with Crippen molar-refractivity contribution < 1.29 is 19.4 Å². The molecule has 1 fully saturated rings. The summed E-state index contributed by atoms with van der Waals surface area (Å²) in [7, 11) is 0. The molecule has 1 saturated heterocycles. The molecule has 0 radical (unpaired) electrons. The highest BCUT2D eigenvalue weighted by molar-refractivity contribution is 9.10. The number of benzene rings is 2. The molecule has 8 heteroatoms. The highest BCUT2D eigenvalue weighted by atomic mass is 79.9. The normalized spacial score (nSPS) is 16.7. The van der Waals surface area contributed by atoms with Gasteiger partial charge in [0.25, 0.3) is 5.91 Å². The van der Waals surface area contributed by atoms with E-state index in [-0.39, 0.29) is 5.91 Å². The van der Waals surface area contributed by atoms with Gasteiger partial charge in [-0.05, 0) is 48.2 Å². The van der Waals surface area contributed by atoms with Gasteiger partial charge < -0.3 is 20.0 Å². The van der Waals surface area contributed by atoms with Gasteiger partial charge in [0.15, 0.2) is 5.17 Å². The van der Waals surface area contributed by atoms with Crippen molar-refractivity contribution in [3.63, 3.8) is 0 Å². The Bertz CT molecular complexity index is 910. The molecule has 0 atom stereocenters. The van der Waals surface area contributed by atoms with Crippen LogP contribution in [0.5, 0.6) is 5.75 Å². The first-order valence-electron chi connectivity index (χ1n) is 7.48. The van der Waals surface area contributed by atoms with E-state index in [0.29, 0.717) is 21.4 Å². The molecule has 0 saturated carbocycles. The van der Waals surface area contributed by atoms with Gasteiger partial charge in [-0.1, -0.05) is 34.1 Å². The number of hydrogen-bond donors (Lipinski definition) is 1. The van der Waals surface area contributed by atoms with E-state index in [1.54, 1.807) is 30.3 Å². The summed E-state index contributed by atoms with van der Waals surface area (Å²) in [5, 5.41) is 13.8. The van der Waals surface area contributed by atoms with E-state index in [4.69, 9.17) is 4.74 Å². The molecule has 6 nitrogen and oxygen atoms in total. The molecule has 0 bridgehead atoms. The van der Waals surface area contributed by atoms with Gasteiger partial charge in [0.2, 0.25) is 0 Å². The number of halogens is 1. The van der Waals surface area contributed by atoms with Crippen LogP contribution < -0.4 is 15.2 Å². The smallest absolute Gasteiger partial charge is 0.264 e. The number of nitrogens with one attached hydrogen (secondary N) is 1. The molecule has 1 aliphatic heterocycles. The van der Waals surface area contributed by atoms with E-state index in [0.717, 1.165) is 10.2 Å². The minimum atomic E-state index is -1.32. The second-order valence-corrected chi connectivity index (χ2v) is 7.10. The van der Waals surface area contributed by atoms with Crippen LogP contribution in [0.15, 0.2) is 62.9 Å². The lowest BCUT2D eigenvalue weighted by atomic mass is 10.2. The van der Waals surface area contributed by atoms with E-state index in [1.807, 2.05) is 24.3 Å². The zero-order valence-corrected chi connectivity index (χ0v) is 15.7. The fourth-order valence-corrected chi connectivity index (χ4v) is 3.22. The predicted octanol–water partition coefficient (Wildman–Crippen LogP) is 2.47. The molecular formula is C18H12BrN2O4S-. The molecule has 0 aromatic heterocycles. The Morgan fingerprint density at radius 2 is 1.96 bits per heavy atom. The highest BCUT2D eigenvalue weighted by Gasteiger charge is 2.24. The summed E-state index contributed by atoms with van der Waals surface area (Å²) in [6.45, 7) is -0.560. The van der Waals surface area contributed by atoms with Crippen molar-refractivity contribution in [3.8, 4) is 5.75 Å². The van der Waals surface area contributed by atoms with Gasteiger partial charge in [-0.2, -0.15) is 0 Å². The molecule has 1 N–H and O–H groups in total. The SMILES string of the molecule is O=C([O-])COc1ccccc1/C=C1\SC(=Nc2ccc(Br)cc2)NC1=O. The van der Waals surface area contributed by atoms with Crippen molar-refractivity contribution in [2.75, 3.05) is 6.61 Å². The Balaban J connectivity index is 1.81. The van der Waals surface area contributed by atoms with Crippen molar-refractivity contribution in [2.24, 2.45) is 4.99 Å². The standard InChI is InChI=1S/C18H13BrN2O4S/c19-12-5-7-13(8-6-12)20-18-21-17(24)15(26-18)9-11-3-1-2-4-14(11)25-10-16(22)23/h1-9H,10H2,(H,22,23)(H,20,21,24)/p-1/b15-9-. The number of amidine groups is 1. The number of nitrogens with zero attached hydrogens (tertiary/aromatic N) is 1. The number of hydrogen-bond acceptors (Lipinski definition) is 6. The molecule has 0 aliphatic carbocycles. The first kappa shape index (κ1) is 18.2. The van der Waals surface area contributed by atoms with Gasteiger partial charge in [-0.25, -0.2) is 4.99 Å². The van der Waals surface area contributed by atoms with E-state index >= 15 is 0 Å². The number of aliphatic carboxylic acids is 1. The quantitative estimate of drug-likeness (QED) is 0.734. The number of carboxylic acid groups (broad SMARTS) is 1. The summed E-state index contributed by atoms with van der Waals surface area (Å²) >= 11 is 4.56. The van der Waals surface area contributed by atoms with Crippen LogP contribution in [-0.4, -0.2) is 23.7 Å². The number of thioether (sulfide) groups is 1. The molecule has 2 aromatic rings. The van der Waals surface area contributed by atoms with E-state index < -0.39 is 12.6 Å². The van der Waals surface area contributed by atoms with Crippen LogP contribution in [0.2, 0.25) is 0 Å². The Labute approximate surface area is 162 Å². The number of aliphatic imine (C=N–C) groups is 1. The zero-order valence-electron chi connectivity index (χ0n) is 13.3. The maximum absolute atomic E-state index is 12.2. The number of amides is 1. The molecule has 1 aliphatic rings. The molecule has 0 spiro atoms. The molecular weight excluding hydrogens is 420 g/mol. The number of carbonyl (C=O) groups excluding carboxylic acids is 2. The highest BCUT2D eigenvalue weighted by Crippen LogP contribution is 2.30. The molecule has 2 aromatic carbocycles. The second-order valence-electron chi connectivity index (χ2n) is 5.16. The maximum Gasteiger partial charge on any atom is 0.264 e. The summed E-state index contributed by atoms with van der Waals surface area (Å²) < 4.78 is 6.14. The second kappa shape index (κ2) is 8.20. The molecule has 1 amide bonds. The van der Waals surface area contributed by atoms with E-state index in [1.165, 1.54) is 11.8 Å². The predicted molar refractivity (Wildman–Crippen MR) is 102 cm³/mol. The fraction of sp³-hybridized carbons (Fsp3) is 0.0556. The minimum absolute atomic E-state index is 0.277. The number of ether oxygens (including phenoxy) is 1. The Kier molecular flexibility index (Phi) is 5.75. The number of carboxylic acids is 1. The third-order valence-electron chi connectivity index (χ3n) is 3.26. The zero-order chi connectivity index (χ0) is 18.5. The average molecular weight is 432 g/mol. The minimum Gasteiger partial charge on any atom is -0.546 e.